The van der Waals surface area contributed by atoms with Crippen LogP contribution >= 0.6 is 0 Å². The Morgan fingerprint density at radius 1 is 1.13 bits per heavy atom. The van der Waals surface area contributed by atoms with E-state index in [4.69, 9.17) is 9.57 Å². The summed E-state index contributed by atoms with van der Waals surface area (Å²) in [7, 11) is 0. The predicted molar refractivity (Wildman–Crippen MR) is 90.5 cm³/mol. The predicted octanol–water partition coefficient (Wildman–Crippen LogP) is 3.61. The van der Waals surface area contributed by atoms with Crippen LogP contribution in [0, 0.1) is 0 Å². The van der Waals surface area contributed by atoms with Gasteiger partial charge >= 0.3 is 0 Å². The van der Waals surface area contributed by atoms with E-state index in [1.807, 2.05) is 24.4 Å². The molecule has 1 aromatic heterocycles. The molecule has 0 radical (unpaired) electrons. The van der Waals surface area contributed by atoms with E-state index >= 15 is 0 Å². The van der Waals surface area contributed by atoms with Crippen LogP contribution < -0.4 is 0 Å². The number of hydrogen-bond donors (Lipinski definition) is 0. The van der Waals surface area contributed by atoms with E-state index in [2.05, 4.69) is 34.4 Å². The van der Waals surface area contributed by atoms with Crippen molar-refractivity contribution >= 4 is 5.71 Å². The minimum absolute atomic E-state index is 0.159. The highest BCUT2D eigenvalue weighted by atomic mass is 16.6. The highest BCUT2D eigenvalue weighted by Gasteiger charge is 2.15. The molecule has 23 heavy (non-hydrogen) atoms. The smallest absolute Gasteiger partial charge is 0.131 e. The minimum atomic E-state index is 0.159. The molecule has 0 amide bonds. The number of pyridine rings is 1. The number of nitrogens with zero attached hydrogens (tertiary/aromatic N) is 2. The van der Waals surface area contributed by atoms with Gasteiger partial charge in [-0.1, -0.05) is 35.5 Å². The zero-order chi connectivity index (χ0) is 15.7. The Balaban J connectivity index is 1.68. The number of aryl methyl sites for hydroxylation is 1. The van der Waals surface area contributed by atoms with E-state index in [0.29, 0.717) is 0 Å². The van der Waals surface area contributed by atoms with Crippen LogP contribution in [0.15, 0.2) is 60.0 Å². The quantitative estimate of drug-likeness (QED) is 0.604. The van der Waals surface area contributed by atoms with Crippen molar-refractivity contribution in [1.29, 1.82) is 0 Å². The van der Waals surface area contributed by atoms with E-state index < -0.39 is 0 Å². The van der Waals surface area contributed by atoms with E-state index in [1.165, 1.54) is 5.56 Å². The molecular formula is C19H22N2O2. The lowest BCUT2D eigenvalue weighted by Gasteiger charge is -2.20. The Hall–Kier alpha value is -2.20. The average Bonchev–Trinajstić information content (AvgIpc) is 2.64. The maximum Gasteiger partial charge on any atom is 0.131 e. The molecule has 0 bridgehead atoms. The van der Waals surface area contributed by atoms with Crippen LogP contribution in [-0.2, 0) is 16.0 Å². The molecule has 120 valence electrons. The molecule has 1 fully saturated rings. The Bertz CT molecular complexity index is 608. The van der Waals surface area contributed by atoms with Crippen molar-refractivity contribution in [3.63, 3.8) is 0 Å². The van der Waals surface area contributed by atoms with Crippen LogP contribution in [0.25, 0.3) is 0 Å². The summed E-state index contributed by atoms with van der Waals surface area (Å²) in [6.45, 7) is 1.51. The Kier molecular flexibility index (Phi) is 5.75. The summed E-state index contributed by atoms with van der Waals surface area (Å²) in [6.07, 6.45) is 7.36. The number of hydrogen-bond acceptors (Lipinski definition) is 4. The molecule has 3 rings (SSSR count). The van der Waals surface area contributed by atoms with Gasteiger partial charge < -0.3 is 9.57 Å². The fraction of sp³-hybridized carbons (Fsp3) is 0.368. The van der Waals surface area contributed by atoms with Gasteiger partial charge in [-0.25, -0.2) is 0 Å². The van der Waals surface area contributed by atoms with Gasteiger partial charge in [0.2, 0.25) is 0 Å². The number of ether oxygens (including phenoxy) is 1. The Labute approximate surface area is 137 Å². The summed E-state index contributed by atoms with van der Waals surface area (Å²) in [5.74, 6) is 0. The summed E-state index contributed by atoms with van der Waals surface area (Å²) in [5, 5.41) is 4.45. The molecule has 0 unspecified atom stereocenters. The molecule has 1 aromatic carbocycles. The summed E-state index contributed by atoms with van der Waals surface area (Å²) in [6, 6.07) is 14.4. The molecule has 4 nitrogen and oxygen atoms in total. The van der Waals surface area contributed by atoms with E-state index in [-0.39, 0.29) is 6.10 Å². The van der Waals surface area contributed by atoms with E-state index in [9.17, 15) is 0 Å². The van der Waals surface area contributed by atoms with Crippen LogP contribution in [0.2, 0.25) is 0 Å². The van der Waals surface area contributed by atoms with Gasteiger partial charge in [-0.3, -0.25) is 4.98 Å². The summed E-state index contributed by atoms with van der Waals surface area (Å²) in [4.78, 5) is 9.97. The van der Waals surface area contributed by atoms with Gasteiger partial charge in [0.15, 0.2) is 0 Å². The average molecular weight is 310 g/mol. The zero-order valence-corrected chi connectivity index (χ0v) is 13.2. The Morgan fingerprint density at radius 3 is 2.70 bits per heavy atom. The molecule has 2 heterocycles. The SMILES string of the molecule is c1ccc(CC/C(=N/OC2CCOCC2)c2cccnc2)cc1. The topological polar surface area (TPSA) is 43.7 Å². The standard InChI is InChI=1S/C19H22N2O2/c1-2-5-16(6-3-1)8-9-19(17-7-4-12-20-15-17)21-23-18-10-13-22-14-11-18/h1-7,12,15,18H,8-11,13-14H2/b21-19-. The third-order valence-electron chi connectivity index (χ3n) is 3.97. The second kappa shape index (κ2) is 8.44. The molecule has 0 spiro atoms. The molecule has 4 heteroatoms. The Morgan fingerprint density at radius 2 is 1.96 bits per heavy atom. The minimum Gasteiger partial charge on any atom is -0.392 e. The highest BCUT2D eigenvalue weighted by molar-refractivity contribution is 6.00. The molecular weight excluding hydrogens is 288 g/mol. The number of oxime groups is 1. The van der Waals surface area contributed by atoms with Gasteiger partial charge in [-0.2, -0.15) is 0 Å². The lowest BCUT2D eigenvalue weighted by atomic mass is 10.0. The van der Waals surface area contributed by atoms with Crippen LogP contribution in [0.4, 0.5) is 0 Å². The number of rotatable bonds is 6. The first-order chi connectivity index (χ1) is 11.4. The van der Waals surface area contributed by atoms with Crippen molar-refractivity contribution < 1.29 is 9.57 Å². The van der Waals surface area contributed by atoms with Gasteiger partial charge in [0.25, 0.3) is 0 Å². The molecule has 1 saturated heterocycles. The molecule has 0 atom stereocenters. The van der Waals surface area contributed by atoms with Crippen molar-refractivity contribution in [2.24, 2.45) is 5.16 Å². The lowest BCUT2D eigenvalue weighted by Crippen LogP contribution is -2.22. The van der Waals surface area contributed by atoms with Crippen LogP contribution in [0.3, 0.4) is 0 Å². The normalized spacial score (nSPS) is 16.3. The van der Waals surface area contributed by atoms with Crippen LogP contribution in [0.5, 0.6) is 0 Å². The second-order valence-corrected chi connectivity index (χ2v) is 5.68. The molecule has 1 aliphatic rings. The molecule has 0 aliphatic carbocycles. The molecule has 2 aromatic rings. The first-order valence-corrected chi connectivity index (χ1v) is 8.16. The van der Waals surface area contributed by atoms with Crippen molar-refractivity contribution in [3.05, 3.63) is 66.0 Å². The van der Waals surface area contributed by atoms with E-state index in [1.54, 1.807) is 6.20 Å². The van der Waals surface area contributed by atoms with Crippen LogP contribution in [0.1, 0.15) is 30.4 Å². The van der Waals surface area contributed by atoms with Gasteiger partial charge in [0, 0.05) is 30.8 Å². The summed E-state index contributed by atoms with van der Waals surface area (Å²) >= 11 is 0. The van der Waals surface area contributed by atoms with Gasteiger partial charge in [-0.15, -0.1) is 0 Å². The van der Waals surface area contributed by atoms with Crippen LogP contribution in [-0.4, -0.2) is 30.0 Å². The second-order valence-electron chi connectivity index (χ2n) is 5.68. The van der Waals surface area contributed by atoms with Gasteiger partial charge in [0.1, 0.15) is 6.10 Å². The first kappa shape index (κ1) is 15.7. The van der Waals surface area contributed by atoms with Crippen molar-refractivity contribution in [2.45, 2.75) is 31.8 Å². The van der Waals surface area contributed by atoms with Gasteiger partial charge in [-0.05, 0) is 30.5 Å². The first-order valence-electron chi connectivity index (χ1n) is 8.16. The maximum absolute atomic E-state index is 5.77. The molecule has 1 aliphatic heterocycles. The summed E-state index contributed by atoms with van der Waals surface area (Å²) < 4.78 is 5.36. The highest BCUT2D eigenvalue weighted by Crippen LogP contribution is 2.14. The molecule has 0 saturated carbocycles. The monoisotopic (exact) mass is 310 g/mol. The third kappa shape index (κ3) is 4.89. The number of benzene rings is 1. The summed E-state index contributed by atoms with van der Waals surface area (Å²) in [5.41, 5.74) is 3.28. The van der Waals surface area contributed by atoms with Crippen molar-refractivity contribution in [1.82, 2.24) is 4.98 Å². The fourth-order valence-corrected chi connectivity index (χ4v) is 2.60. The van der Waals surface area contributed by atoms with Crippen molar-refractivity contribution in [3.8, 4) is 0 Å². The zero-order valence-electron chi connectivity index (χ0n) is 13.2. The van der Waals surface area contributed by atoms with E-state index in [0.717, 1.165) is 50.2 Å². The number of aromatic nitrogens is 1. The van der Waals surface area contributed by atoms with Crippen molar-refractivity contribution in [2.75, 3.05) is 13.2 Å². The fourth-order valence-electron chi connectivity index (χ4n) is 2.60. The maximum atomic E-state index is 5.77. The lowest BCUT2D eigenvalue weighted by molar-refractivity contribution is -0.0301. The largest absolute Gasteiger partial charge is 0.392 e. The third-order valence-corrected chi connectivity index (χ3v) is 3.97. The molecule has 0 N–H and O–H groups in total. The van der Waals surface area contributed by atoms with Gasteiger partial charge in [0.05, 0.1) is 18.9 Å².